The molecule has 1 aliphatic rings. The van der Waals surface area contributed by atoms with E-state index in [1.807, 2.05) is 0 Å². The minimum absolute atomic E-state index is 0.168. The number of hydrogen-bond acceptors (Lipinski definition) is 4. The lowest BCUT2D eigenvalue weighted by Gasteiger charge is -2.28. The van der Waals surface area contributed by atoms with Gasteiger partial charge in [-0.3, -0.25) is 19.3 Å². The molecule has 0 aromatic heterocycles. The average Bonchev–Trinajstić information content (AvgIpc) is 2.29. The van der Waals surface area contributed by atoms with Gasteiger partial charge in [-0.05, 0) is 13.3 Å². The molecule has 8 heteroatoms. The van der Waals surface area contributed by atoms with Crippen molar-refractivity contribution in [1.29, 1.82) is 0 Å². The molecule has 0 radical (unpaired) electrons. The molecule has 0 aromatic rings. The molecule has 1 unspecified atom stereocenters. The smallest absolute Gasteiger partial charge is 0.325 e. The third-order valence-corrected chi connectivity index (χ3v) is 2.67. The number of imide groups is 1. The predicted octanol–water partition coefficient (Wildman–Crippen LogP) is -1.09. The molecule has 1 aliphatic heterocycles. The zero-order chi connectivity index (χ0) is 13.9. The Morgan fingerprint density at radius 2 is 2.06 bits per heavy atom. The van der Waals surface area contributed by atoms with E-state index in [0.717, 1.165) is 4.90 Å². The summed E-state index contributed by atoms with van der Waals surface area (Å²) in [5, 5.41) is 13.1. The summed E-state index contributed by atoms with van der Waals surface area (Å²) in [6.45, 7) is 1.31. The van der Waals surface area contributed by atoms with Crippen LogP contribution < -0.4 is 10.6 Å². The van der Waals surface area contributed by atoms with Crippen molar-refractivity contribution in [1.82, 2.24) is 15.5 Å². The topological polar surface area (TPSA) is 116 Å². The lowest BCUT2D eigenvalue weighted by Crippen LogP contribution is -2.56. The molecule has 1 rings (SSSR count). The fraction of sp³-hybridized carbons (Fsp3) is 0.600. The van der Waals surface area contributed by atoms with E-state index in [2.05, 4.69) is 10.6 Å². The molecule has 0 bridgehead atoms. The summed E-state index contributed by atoms with van der Waals surface area (Å²) in [4.78, 5) is 45.7. The molecular weight excluding hydrogens is 242 g/mol. The summed E-state index contributed by atoms with van der Waals surface area (Å²) in [7, 11) is 1.34. The zero-order valence-corrected chi connectivity index (χ0v) is 10.1. The van der Waals surface area contributed by atoms with E-state index in [9.17, 15) is 19.2 Å². The van der Waals surface area contributed by atoms with Crippen molar-refractivity contribution in [3.63, 3.8) is 0 Å². The van der Waals surface area contributed by atoms with Crippen LogP contribution in [0, 0.1) is 0 Å². The molecule has 3 N–H and O–H groups in total. The number of carboxylic acid groups (broad SMARTS) is 1. The van der Waals surface area contributed by atoms with Crippen molar-refractivity contribution in [3.8, 4) is 0 Å². The summed E-state index contributed by atoms with van der Waals surface area (Å²) in [6.07, 6.45) is 0.387. The second kappa shape index (κ2) is 5.48. The highest BCUT2D eigenvalue weighted by Gasteiger charge is 2.32. The van der Waals surface area contributed by atoms with Crippen molar-refractivity contribution < 1.29 is 24.3 Å². The highest BCUT2D eigenvalue weighted by Crippen LogP contribution is 2.11. The largest absolute Gasteiger partial charge is 0.480 e. The van der Waals surface area contributed by atoms with Crippen LogP contribution in [-0.2, 0) is 14.4 Å². The number of nitrogens with one attached hydrogen (secondary N) is 2. The van der Waals surface area contributed by atoms with Gasteiger partial charge in [0.05, 0.1) is 0 Å². The van der Waals surface area contributed by atoms with Gasteiger partial charge < -0.3 is 15.7 Å². The Morgan fingerprint density at radius 1 is 1.44 bits per heavy atom. The molecule has 1 saturated heterocycles. The molecule has 2 atom stereocenters. The first kappa shape index (κ1) is 13.9. The fourth-order valence-corrected chi connectivity index (χ4v) is 1.51. The first-order chi connectivity index (χ1) is 8.32. The number of likely N-dealkylation sites (N-methyl/N-ethyl adjacent to an activating group) is 1. The van der Waals surface area contributed by atoms with Gasteiger partial charge in [0.2, 0.25) is 5.91 Å². The van der Waals surface area contributed by atoms with Crippen LogP contribution >= 0.6 is 0 Å². The number of nitrogens with zero attached hydrogens (tertiary/aromatic N) is 1. The minimum atomic E-state index is -1.17. The van der Waals surface area contributed by atoms with Crippen molar-refractivity contribution in [2.45, 2.75) is 31.8 Å². The Labute approximate surface area is 103 Å². The number of urea groups is 1. The zero-order valence-electron chi connectivity index (χ0n) is 10.1. The molecule has 0 aliphatic carbocycles. The third kappa shape index (κ3) is 3.19. The number of piperidine rings is 1. The number of aliphatic carboxylic acids is 1. The Hall–Kier alpha value is -2.12. The average molecular weight is 257 g/mol. The Morgan fingerprint density at radius 3 is 2.61 bits per heavy atom. The summed E-state index contributed by atoms with van der Waals surface area (Å²) in [5.41, 5.74) is 0. The maximum Gasteiger partial charge on any atom is 0.325 e. The van der Waals surface area contributed by atoms with Gasteiger partial charge in [0.1, 0.15) is 12.1 Å². The molecule has 1 heterocycles. The lowest BCUT2D eigenvalue weighted by molar-refractivity contribution is -0.147. The van der Waals surface area contributed by atoms with Gasteiger partial charge in [-0.15, -0.1) is 0 Å². The first-order valence-electron chi connectivity index (χ1n) is 5.43. The summed E-state index contributed by atoms with van der Waals surface area (Å²) in [6, 6.07) is -2.59. The number of hydrogen-bond donors (Lipinski definition) is 3. The van der Waals surface area contributed by atoms with Crippen LogP contribution in [0.15, 0.2) is 0 Å². The maximum atomic E-state index is 11.6. The quantitative estimate of drug-likeness (QED) is 0.555. The van der Waals surface area contributed by atoms with E-state index >= 15 is 0 Å². The molecule has 0 saturated carbocycles. The van der Waals surface area contributed by atoms with Crippen LogP contribution in [-0.4, -0.2) is 53.0 Å². The molecular formula is C10H15N3O5. The number of carbonyl (C=O) groups is 4. The molecule has 0 aromatic carbocycles. The SMILES string of the molecule is C[C@@H](NC(=O)NC1CCC(=O)N(C)C1=O)C(=O)O. The second-order valence-electron chi connectivity index (χ2n) is 4.06. The van der Waals surface area contributed by atoms with Crippen LogP contribution in [0.2, 0.25) is 0 Å². The standard InChI is InChI=1S/C10H15N3O5/c1-5(9(16)17)11-10(18)12-6-3-4-7(14)13(2)8(6)15/h5-6H,3-4H2,1-2H3,(H,16,17)(H2,11,12,18)/t5-,6?/m1/s1. The lowest BCUT2D eigenvalue weighted by atomic mass is 10.1. The molecule has 1 fully saturated rings. The Balaban J connectivity index is 2.52. The fourth-order valence-electron chi connectivity index (χ4n) is 1.51. The second-order valence-corrected chi connectivity index (χ2v) is 4.06. The van der Waals surface area contributed by atoms with E-state index in [1.165, 1.54) is 14.0 Å². The molecule has 0 spiro atoms. The van der Waals surface area contributed by atoms with E-state index in [-0.39, 0.29) is 18.7 Å². The van der Waals surface area contributed by atoms with Gasteiger partial charge >= 0.3 is 12.0 Å². The number of carbonyl (C=O) groups excluding carboxylic acids is 3. The van der Waals surface area contributed by atoms with Crippen LogP contribution in [0.1, 0.15) is 19.8 Å². The predicted molar refractivity (Wildman–Crippen MR) is 59.6 cm³/mol. The third-order valence-electron chi connectivity index (χ3n) is 2.67. The minimum Gasteiger partial charge on any atom is -0.480 e. The van der Waals surface area contributed by atoms with Crippen molar-refractivity contribution >= 4 is 23.8 Å². The van der Waals surface area contributed by atoms with Crippen molar-refractivity contribution in [2.24, 2.45) is 0 Å². The normalized spacial score (nSPS) is 21.4. The van der Waals surface area contributed by atoms with Gasteiger partial charge in [-0.2, -0.15) is 0 Å². The van der Waals surface area contributed by atoms with Gasteiger partial charge in [0, 0.05) is 13.5 Å². The van der Waals surface area contributed by atoms with Crippen molar-refractivity contribution in [2.75, 3.05) is 7.05 Å². The van der Waals surface area contributed by atoms with E-state index in [4.69, 9.17) is 5.11 Å². The number of rotatable bonds is 3. The van der Waals surface area contributed by atoms with Crippen LogP contribution in [0.4, 0.5) is 4.79 Å². The number of amides is 4. The highest BCUT2D eigenvalue weighted by atomic mass is 16.4. The first-order valence-corrected chi connectivity index (χ1v) is 5.43. The maximum absolute atomic E-state index is 11.6. The van der Waals surface area contributed by atoms with E-state index in [0.29, 0.717) is 0 Å². The molecule has 4 amide bonds. The van der Waals surface area contributed by atoms with Gasteiger partial charge in [0.25, 0.3) is 5.91 Å². The summed E-state index contributed by atoms with van der Waals surface area (Å²) in [5.74, 6) is -1.96. The van der Waals surface area contributed by atoms with Crippen LogP contribution in [0.25, 0.3) is 0 Å². The Kier molecular flexibility index (Phi) is 4.24. The summed E-state index contributed by atoms with van der Waals surface area (Å²) < 4.78 is 0. The number of carboxylic acids is 1. The van der Waals surface area contributed by atoms with Gasteiger partial charge in [0.15, 0.2) is 0 Å². The Bertz CT molecular complexity index is 395. The van der Waals surface area contributed by atoms with E-state index < -0.39 is 30.0 Å². The molecule has 100 valence electrons. The molecule has 18 heavy (non-hydrogen) atoms. The van der Waals surface area contributed by atoms with Crippen LogP contribution in [0.3, 0.4) is 0 Å². The van der Waals surface area contributed by atoms with Crippen molar-refractivity contribution in [3.05, 3.63) is 0 Å². The van der Waals surface area contributed by atoms with Crippen LogP contribution in [0.5, 0.6) is 0 Å². The highest BCUT2D eigenvalue weighted by molar-refractivity contribution is 6.01. The molecule has 8 nitrogen and oxygen atoms in total. The number of likely N-dealkylation sites (tertiary alicyclic amines) is 1. The van der Waals surface area contributed by atoms with Gasteiger partial charge in [-0.25, -0.2) is 4.79 Å². The van der Waals surface area contributed by atoms with E-state index in [1.54, 1.807) is 0 Å². The van der Waals surface area contributed by atoms with Gasteiger partial charge in [-0.1, -0.05) is 0 Å². The summed E-state index contributed by atoms with van der Waals surface area (Å²) >= 11 is 0. The monoisotopic (exact) mass is 257 g/mol.